The Hall–Kier alpha value is -3.66. The molecule has 0 aromatic heterocycles. The Labute approximate surface area is 195 Å². The van der Waals surface area contributed by atoms with Crippen molar-refractivity contribution < 1.29 is 18.9 Å². The van der Waals surface area contributed by atoms with Crippen LogP contribution in [0.25, 0.3) is 17.7 Å². The fourth-order valence-electron chi connectivity index (χ4n) is 4.10. The standard InChI is InChI=1S/C29H28O4/c1-4-30-26-13-10-21(17-27(26)31-18-20-8-6-5-7-9-20)23-16-22-11-12-25-24(28(22)32-19-23)14-15-29(2,3)33-25/h5-17H,4,18-19H2,1-3H3. The minimum absolute atomic E-state index is 0.310. The Morgan fingerprint density at radius 1 is 0.939 bits per heavy atom. The van der Waals surface area contributed by atoms with Crippen LogP contribution in [0.15, 0.2) is 66.7 Å². The highest BCUT2D eigenvalue weighted by Gasteiger charge is 2.26. The summed E-state index contributed by atoms with van der Waals surface area (Å²) < 4.78 is 24.3. The third-order valence-electron chi connectivity index (χ3n) is 5.76. The van der Waals surface area contributed by atoms with Gasteiger partial charge in [-0.25, -0.2) is 0 Å². The fourth-order valence-corrected chi connectivity index (χ4v) is 4.10. The van der Waals surface area contributed by atoms with Crippen LogP contribution < -0.4 is 18.9 Å². The van der Waals surface area contributed by atoms with Gasteiger partial charge in [0.1, 0.15) is 30.3 Å². The van der Waals surface area contributed by atoms with Crippen molar-refractivity contribution in [3.63, 3.8) is 0 Å². The van der Waals surface area contributed by atoms with Crippen molar-refractivity contribution >= 4 is 17.7 Å². The SMILES string of the molecule is CCOc1ccc(C2=Cc3ccc4c(c3OC2)C=CC(C)(C)O4)cc1OCc1ccccc1. The summed E-state index contributed by atoms with van der Waals surface area (Å²) in [7, 11) is 0. The van der Waals surface area contributed by atoms with Gasteiger partial charge in [-0.3, -0.25) is 0 Å². The van der Waals surface area contributed by atoms with E-state index in [1.807, 2.05) is 57.2 Å². The number of hydrogen-bond acceptors (Lipinski definition) is 4. The molecule has 2 aliphatic rings. The van der Waals surface area contributed by atoms with Gasteiger partial charge in [-0.1, -0.05) is 36.4 Å². The number of fused-ring (bicyclic) bond motifs is 3. The third kappa shape index (κ3) is 4.47. The van der Waals surface area contributed by atoms with Crippen molar-refractivity contribution in [1.29, 1.82) is 0 Å². The molecule has 33 heavy (non-hydrogen) atoms. The molecule has 3 aromatic carbocycles. The molecule has 2 heterocycles. The summed E-state index contributed by atoms with van der Waals surface area (Å²) in [5, 5.41) is 0. The summed E-state index contributed by atoms with van der Waals surface area (Å²) in [5.41, 5.74) is 5.00. The summed E-state index contributed by atoms with van der Waals surface area (Å²) in [6, 6.07) is 20.3. The number of rotatable bonds is 6. The molecule has 0 radical (unpaired) electrons. The van der Waals surface area contributed by atoms with E-state index in [4.69, 9.17) is 18.9 Å². The number of ether oxygens (including phenoxy) is 4. The largest absolute Gasteiger partial charge is 0.490 e. The maximum absolute atomic E-state index is 6.23. The van der Waals surface area contributed by atoms with Gasteiger partial charge in [0.15, 0.2) is 11.5 Å². The van der Waals surface area contributed by atoms with E-state index in [0.717, 1.165) is 50.8 Å². The molecule has 0 saturated heterocycles. The van der Waals surface area contributed by atoms with Gasteiger partial charge >= 0.3 is 0 Å². The molecule has 0 atom stereocenters. The molecule has 0 spiro atoms. The molecule has 0 unspecified atom stereocenters. The van der Waals surface area contributed by atoms with Crippen LogP contribution in [-0.4, -0.2) is 18.8 Å². The first-order valence-electron chi connectivity index (χ1n) is 11.3. The van der Waals surface area contributed by atoms with E-state index in [9.17, 15) is 0 Å². The average molecular weight is 441 g/mol. The number of benzene rings is 3. The smallest absolute Gasteiger partial charge is 0.162 e. The van der Waals surface area contributed by atoms with Gasteiger partial charge in [0.2, 0.25) is 0 Å². The van der Waals surface area contributed by atoms with E-state index in [0.29, 0.717) is 19.8 Å². The molecule has 0 amide bonds. The van der Waals surface area contributed by atoms with Gasteiger partial charge in [0, 0.05) is 5.56 Å². The highest BCUT2D eigenvalue weighted by Crippen LogP contribution is 2.43. The maximum atomic E-state index is 6.23. The zero-order chi connectivity index (χ0) is 22.8. The van der Waals surface area contributed by atoms with Crippen LogP contribution in [0.3, 0.4) is 0 Å². The topological polar surface area (TPSA) is 36.9 Å². The lowest BCUT2D eigenvalue weighted by molar-refractivity contribution is 0.158. The Morgan fingerprint density at radius 3 is 2.61 bits per heavy atom. The predicted molar refractivity (Wildman–Crippen MR) is 132 cm³/mol. The normalized spacial score (nSPS) is 15.4. The van der Waals surface area contributed by atoms with Gasteiger partial charge < -0.3 is 18.9 Å². The first-order chi connectivity index (χ1) is 16.0. The van der Waals surface area contributed by atoms with Crippen molar-refractivity contribution in [2.45, 2.75) is 33.0 Å². The van der Waals surface area contributed by atoms with Gasteiger partial charge in [0.05, 0.1) is 12.2 Å². The number of hydrogen-bond donors (Lipinski definition) is 0. The van der Waals surface area contributed by atoms with Crippen LogP contribution >= 0.6 is 0 Å². The minimum atomic E-state index is -0.310. The lowest BCUT2D eigenvalue weighted by Crippen LogP contribution is -2.27. The molecule has 0 N–H and O–H groups in total. The summed E-state index contributed by atoms with van der Waals surface area (Å²) >= 11 is 0. The van der Waals surface area contributed by atoms with E-state index in [1.165, 1.54) is 0 Å². The zero-order valence-corrected chi connectivity index (χ0v) is 19.3. The molecule has 5 rings (SSSR count). The van der Waals surface area contributed by atoms with Crippen LogP contribution in [0.4, 0.5) is 0 Å². The monoisotopic (exact) mass is 440 g/mol. The van der Waals surface area contributed by atoms with E-state index in [1.54, 1.807) is 0 Å². The first kappa shape index (κ1) is 21.2. The van der Waals surface area contributed by atoms with Crippen molar-refractivity contribution in [3.8, 4) is 23.0 Å². The Kier molecular flexibility index (Phi) is 5.59. The Bertz CT molecular complexity index is 1220. The molecule has 4 heteroatoms. The molecule has 0 fully saturated rings. The van der Waals surface area contributed by atoms with Crippen LogP contribution in [0.1, 0.15) is 43.0 Å². The lowest BCUT2D eigenvalue weighted by atomic mass is 9.95. The third-order valence-corrected chi connectivity index (χ3v) is 5.76. The highest BCUT2D eigenvalue weighted by molar-refractivity contribution is 5.88. The Balaban J connectivity index is 1.44. The molecule has 4 nitrogen and oxygen atoms in total. The first-order valence-corrected chi connectivity index (χ1v) is 11.3. The van der Waals surface area contributed by atoms with Crippen molar-refractivity contribution in [3.05, 3.63) is 89.0 Å². The second kappa shape index (κ2) is 8.70. The van der Waals surface area contributed by atoms with Gasteiger partial charge in [-0.2, -0.15) is 0 Å². The van der Waals surface area contributed by atoms with Crippen molar-refractivity contribution in [2.24, 2.45) is 0 Å². The quantitative estimate of drug-likeness (QED) is 0.423. The molecule has 2 aliphatic heterocycles. The molecule has 168 valence electrons. The maximum Gasteiger partial charge on any atom is 0.162 e. The van der Waals surface area contributed by atoms with Crippen LogP contribution in [-0.2, 0) is 6.61 Å². The Morgan fingerprint density at radius 2 is 1.79 bits per heavy atom. The van der Waals surface area contributed by atoms with Gasteiger partial charge in [-0.15, -0.1) is 0 Å². The predicted octanol–water partition coefficient (Wildman–Crippen LogP) is 6.78. The minimum Gasteiger partial charge on any atom is -0.490 e. The van der Waals surface area contributed by atoms with E-state index in [2.05, 4.69) is 42.5 Å². The van der Waals surface area contributed by atoms with E-state index >= 15 is 0 Å². The molecule has 0 bridgehead atoms. The highest BCUT2D eigenvalue weighted by atomic mass is 16.5. The van der Waals surface area contributed by atoms with Gasteiger partial charge in [0.25, 0.3) is 0 Å². The van der Waals surface area contributed by atoms with Crippen LogP contribution in [0.5, 0.6) is 23.0 Å². The molecule has 0 saturated carbocycles. The summed E-state index contributed by atoms with van der Waals surface area (Å²) in [6.07, 6.45) is 6.35. The average Bonchev–Trinajstić information content (AvgIpc) is 2.83. The molecular weight excluding hydrogens is 412 g/mol. The summed E-state index contributed by atoms with van der Waals surface area (Å²) in [4.78, 5) is 0. The van der Waals surface area contributed by atoms with Crippen LogP contribution in [0.2, 0.25) is 0 Å². The molecular formula is C29H28O4. The lowest BCUT2D eigenvalue weighted by Gasteiger charge is -2.30. The molecule has 3 aromatic rings. The second-order valence-electron chi connectivity index (χ2n) is 8.76. The zero-order valence-electron chi connectivity index (χ0n) is 19.3. The van der Waals surface area contributed by atoms with E-state index in [-0.39, 0.29) is 5.60 Å². The van der Waals surface area contributed by atoms with Crippen molar-refractivity contribution in [1.82, 2.24) is 0 Å². The van der Waals surface area contributed by atoms with Crippen molar-refractivity contribution in [2.75, 3.05) is 13.2 Å². The second-order valence-corrected chi connectivity index (χ2v) is 8.76. The summed E-state index contributed by atoms with van der Waals surface area (Å²) in [6.45, 7) is 7.62. The van der Waals surface area contributed by atoms with E-state index < -0.39 is 0 Å². The van der Waals surface area contributed by atoms with Gasteiger partial charge in [-0.05, 0) is 80.0 Å². The fraction of sp³-hybridized carbons (Fsp3) is 0.241. The summed E-state index contributed by atoms with van der Waals surface area (Å²) in [5.74, 6) is 3.20. The molecule has 0 aliphatic carbocycles. The van der Waals surface area contributed by atoms with Crippen LogP contribution in [0, 0.1) is 0 Å².